The number of aromatic nitrogens is 5. The van der Waals surface area contributed by atoms with Gasteiger partial charge < -0.3 is 19.5 Å². The molecule has 4 aromatic heterocycles. The van der Waals surface area contributed by atoms with E-state index in [-0.39, 0.29) is 0 Å². The normalized spacial score (nSPS) is 11.2. The maximum absolute atomic E-state index is 12.0. The molecule has 1 amide bonds. The van der Waals surface area contributed by atoms with Crippen LogP contribution in [0.25, 0.3) is 16.9 Å². The SMILES string of the molecule is COc1cc(-c2ccn3nc(Nc4cccc(NC(=O)OC(C)(C)C)n4)cc3n2)cnc1OC. The van der Waals surface area contributed by atoms with E-state index in [2.05, 4.69) is 30.7 Å². The Morgan fingerprint density at radius 2 is 1.79 bits per heavy atom. The van der Waals surface area contributed by atoms with Crippen LogP contribution >= 0.6 is 0 Å². The minimum Gasteiger partial charge on any atom is -0.491 e. The van der Waals surface area contributed by atoms with Crippen molar-refractivity contribution in [2.75, 3.05) is 24.9 Å². The quantitative estimate of drug-likeness (QED) is 0.431. The van der Waals surface area contributed by atoms with Gasteiger partial charge >= 0.3 is 6.09 Å². The Labute approximate surface area is 196 Å². The lowest BCUT2D eigenvalue weighted by atomic mass is 10.2. The van der Waals surface area contributed by atoms with Crippen LogP contribution in [0.1, 0.15) is 20.8 Å². The summed E-state index contributed by atoms with van der Waals surface area (Å²) >= 11 is 0. The third kappa shape index (κ3) is 5.31. The second kappa shape index (κ2) is 9.22. The Morgan fingerprint density at radius 3 is 2.53 bits per heavy atom. The molecule has 0 aliphatic carbocycles. The van der Waals surface area contributed by atoms with Crippen molar-refractivity contribution < 1.29 is 19.0 Å². The summed E-state index contributed by atoms with van der Waals surface area (Å²) in [5, 5.41) is 10.2. The number of pyridine rings is 2. The van der Waals surface area contributed by atoms with Crippen molar-refractivity contribution >= 4 is 29.2 Å². The van der Waals surface area contributed by atoms with Gasteiger partial charge in [0, 0.05) is 24.0 Å². The highest BCUT2D eigenvalue weighted by Gasteiger charge is 2.17. The zero-order chi connectivity index (χ0) is 24.3. The van der Waals surface area contributed by atoms with Gasteiger partial charge in [-0.2, -0.15) is 0 Å². The van der Waals surface area contributed by atoms with Crippen molar-refractivity contribution in [3.05, 3.63) is 48.8 Å². The molecule has 34 heavy (non-hydrogen) atoms. The van der Waals surface area contributed by atoms with Crippen molar-refractivity contribution in [3.8, 4) is 22.9 Å². The molecule has 0 radical (unpaired) electrons. The monoisotopic (exact) mass is 463 g/mol. The number of rotatable bonds is 6. The number of carbonyl (C=O) groups is 1. The number of fused-ring (bicyclic) bond motifs is 1. The molecule has 0 fully saturated rings. The summed E-state index contributed by atoms with van der Waals surface area (Å²) in [5.41, 5.74) is 1.50. The first-order valence-electron chi connectivity index (χ1n) is 10.4. The smallest absolute Gasteiger partial charge is 0.413 e. The number of nitrogens with zero attached hydrogens (tertiary/aromatic N) is 5. The van der Waals surface area contributed by atoms with E-state index in [0.29, 0.717) is 40.4 Å². The van der Waals surface area contributed by atoms with E-state index in [1.54, 1.807) is 69.1 Å². The van der Waals surface area contributed by atoms with Crippen LogP contribution in [0.3, 0.4) is 0 Å². The van der Waals surface area contributed by atoms with Crippen LogP contribution in [0, 0.1) is 0 Å². The third-order valence-corrected chi connectivity index (χ3v) is 4.49. The molecule has 2 N–H and O–H groups in total. The van der Waals surface area contributed by atoms with E-state index in [0.717, 1.165) is 5.56 Å². The molecule has 11 heteroatoms. The highest BCUT2D eigenvalue weighted by Crippen LogP contribution is 2.29. The first-order chi connectivity index (χ1) is 16.2. The van der Waals surface area contributed by atoms with Crippen molar-refractivity contribution in [1.29, 1.82) is 0 Å². The maximum atomic E-state index is 12.0. The summed E-state index contributed by atoms with van der Waals surface area (Å²) in [5.74, 6) is 2.31. The number of methoxy groups -OCH3 is 2. The average molecular weight is 463 g/mol. The number of amides is 1. The zero-order valence-electron chi connectivity index (χ0n) is 19.5. The highest BCUT2D eigenvalue weighted by atomic mass is 16.6. The zero-order valence-corrected chi connectivity index (χ0v) is 19.5. The Morgan fingerprint density at radius 1 is 1.00 bits per heavy atom. The Balaban J connectivity index is 1.53. The lowest BCUT2D eigenvalue weighted by molar-refractivity contribution is 0.0635. The summed E-state index contributed by atoms with van der Waals surface area (Å²) in [6, 6.07) is 10.6. The van der Waals surface area contributed by atoms with E-state index in [9.17, 15) is 4.79 Å². The van der Waals surface area contributed by atoms with Crippen LogP contribution in [0.4, 0.5) is 22.2 Å². The van der Waals surface area contributed by atoms with E-state index in [1.807, 2.05) is 12.1 Å². The van der Waals surface area contributed by atoms with Gasteiger partial charge in [0.05, 0.1) is 19.9 Å². The summed E-state index contributed by atoms with van der Waals surface area (Å²) in [6.45, 7) is 5.38. The lowest BCUT2D eigenvalue weighted by Crippen LogP contribution is -2.27. The summed E-state index contributed by atoms with van der Waals surface area (Å²) < 4.78 is 17.4. The van der Waals surface area contributed by atoms with Gasteiger partial charge in [-0.15, -0.1) is 5.10 Å². The molecule has 0 bridgehead atoms. The molecule has 176 valence electrons. The van der Waals surface area contributed by atoms with Crippen LogP contribution in [0.2, 0.25) is 0 Å². The van der Waals surface area contributed by atoms with Gasteiger partial charge in [-0.05, 0) is 45.0 Å². The van der Waals surface area contributed by atoms with Crippen LogP contribution in [-0.4, -0.2) is 50.5 Å². The Hall–Kier alpha value is -4.41. The largest absolute Gasteiger partial charge is 0.491 e. The van der Waals surface area contributed by atoms with Gasteiger partial charge in [0.2, 0.25) is 0 Å². The first-order valence-corrected chi connectivity index (χ1v) is 10.4. The number of hydrogen-bond donors (Lipinski definition) is 2. The molecular formula is C23H25N7O4. The molecule has 11 nitrogen and oxygen atoms in total. The van der Waals surface area contributed by atoms with Crippen LogP contribution < -0.4 is 20.1 Å². The molecule has 0 aliphatic rings. The van der Waals surface area contributed by atoms with Crippen LogP contribution in [0.15, 0.2) is 48.8 Å². The van der Waals surface area contributed by atoms with Crippen molar-refractivity contribution in [2.24, 2.45) is 0 Å². The van der Waals surface area contributed by atoms with Gasteiger partial charge in [-0.3, -0.25) is 5.32 Å². The highest BCUT2D eigenvalue weighted by molar-refractivity contribution is 5.84. The summed E-state index contributed by atoms with van der Waals surface area (Å²) in [4.78, 5) is 25.3. The van der Waals surface area contributed by atoms with Crippen molar-refractivity contribution in [3.63, 3.8) is 0 Å². The van der Waals surface area contributed by atoms with Gasteiger partial charge in [0.15, 0.2) is 17.2 Å². The Kier molecular flexibility index (Phi) is 6.17. The molecule has 0 atom stereocenters. The fraction of sp³-hybridized carbons (Fsp3) is 0.261. The second-order valence-electron chi connectivity index (χ2n) is 8.24. The summed E-state index contributed by atoms with van der Waals surface area (Å²) in [7, 11) is 3.09. The molecule has 0 saturated heterocycles. The van der Waals surface area contributed by atoms with Crippen LogP contribution in [0.5, 0.6) is 11.6 Å². The maximum Gasteiger partial charge on any atom is 0.413 e. The molecule has 4 aromatic rings. The topological polar surface area (TPSA) is 125 Å². The van der Waals surface area contributed by atoms with Gasteiger partial charge in [0.1, 0.15) is 17.2 Å². The van der Waals surface area contributed by atoms with Crippen LogP contribution in [-0.2, 0) is 4.74 Å². The van der Waals surface area contributed by atoms with E-state index in [4.69, 9.17) is 14.2 Å². The fourth-order valence-electron chi connectivity index (χ4n) is 3.09. The minimum atomic E-state index is -0.602. The first kappa shape index (κ1) is 22.8. The molecular weight excluding hydrogens is 438 g/mol. The predicted molar refractivity (Wildman–Crippen MR) is 127 cm³/mol. The number of ether oxygens (including phenoxy) is 3. The molecule has 4 heterocycles. The van der Waals surface area contributed by atoms with E-state index in [1.165, 1.54) is 7.11 Å². The van der Waals surface area contributed by atoms with E-state index >= 15 is 0 Å². The number of anilines is 3. The molecule has 0 aromatic carbocycles. The van der Waals surface area contributed by atoms with Crippen molar-refractivity contribution in [2.45, 2.75) is 26.4 Å². The fourth-order valence-corrected chi connectivity index (χ4v) is 3.09. The number of carbonyl (C=O) groups excluding carboxylic acids is 1. The van der Waals surface area contributed by atoms with E-state index < -0.39 is 11.7 Å². The molecule has 0 unspecified atom stereocenters. The average Bonchev–Trinajstić information content (AvgIpc) is 3.18. The predicted octanol–water partition coefficient (Wildman–Crippen LogP) is 4.29. The van der Waals surface area contributed by atoms with Gasteiger partial charge in [-0.1, -0.05) is 6.07 Å². The standard InChI is InChI=1S/C23H25N7O4/c1-23(2,3)34-22(31)28-18-8-6-7-17(26-18)27-19-12-20-25-15(9-10-30(20)29-19)14-11-16(32-4)21(33-5)24-13-14/h6-13H,1-5H3,(H2,26,27,28,29,31). The van der Waals surface area contributed by atoms with Crippen molar-refractivity contribution in [1.82, 2.24) is 24.6 Å². The minimum absolute atomic E-state index is 0.351. The molecule has 0 saturated carbocycles. The van der Waals surface area contributed by atoms with Gasteiger partial charge in [0.25, 0.3) is 5.88 Å². The molecule has 0 aliphatic heterocycles. The lowest BCUT2D eigenvalue weighted by Gasteiger charge is -2.19. The Bertz CT molecular complexity index is 1330. The molecule has 4 rings (SSSR count). The number of hydrogen-bond acceptors (Lipinski definition) is 9. The molecule has 0 spiro atoms. The number of nitrogens with one attached hydrogen (secondary N) is 2. The second-order valence-corrected chi connectivity index (χ2v) is 8.24. The summed E-state index contributed by atoms with van der Waals surface area (Å²) in [6.07, 6.45) is 2.89. The third-order valence-electron chi connectivity index (χ3n) is 4.49. The van der Waals surface area contributed by atoms with Gasteiger partial charge in [-0.25, -0.2) is 24.3 Å².